The number of carbonyl (C=O) groups is 3. The second-order valence-corrected chi connectivity index (χ2v) is 9.48. The fourth-order valence-electron chi connectivity index (χ4n) is 6.07. The first kappa shape index (κ1) is 19.7. The van der Waals surface area contributed by atoms with Crippen molar-refractivity contribution in [3.8, 4) is 0 Å². The Balaban J connectivity index is 1.26. The predicted octanol–water partition coefficient (Wildman–Crippen LogP) is 1.44. The Morgan fingerprint density at radius 3 is 2.60 bits per heavy atom. The fourth-order valence-corrected chi connectivity index (χ4v) is 6.07. The molecule has 1 saturated heterocycles. The summed E-state index contributed by atoms with van der Waals surface area (Å²) in [6.45, 7) is 1.17. The fraction of sp³-hybridized carbons (Fsp3) is 0.609. The second-order valence-electron chi connectivity index (χ2n) is 9.48. The molecule has 30 heavy (non-hydrogen) atoms. The maximum Gasteiger partial charge on any atom is 0.255 e. The maximum absolute atomic E-state index is 13.0. The summed E-state index contributed by atoms with van der Waals surface area (Å²) >= 11 is 0. The molecule has 3 fully saturated rings. The molecule has 2 bridgehead atoms. The molecule has 2 heterocycles. The number of hydrogen-bond donors (Lipinski definition) is 3. The van der Waals surface area contributed by atoms with E-state index < -0.39 is 6.04 Å². The zero-order chi connectivity index (χ0) is 20.8. The summed E-state index contributed by atoms with van der Waals surface area (Å²) < 4.78 is 0. The van der Waals surface area contributed by atoms with Crippen molar-refractivity contribution in [2.75, 3.05) is 0 Å². The lowest BCUT2D eigenvalue weighted by atomic mass is 9.67. The van der Waals surface area contributed by atoms with Crippen LogP contribution in [0, 0.1) is 11.8 Å². The second kappa shape index (κ2) is 7.78. The number of fused-ring (bicyclic) bond motifs is 3. The van der Waals surface area contributed by atoms with Crippen LogP contribution in [0.4, 0.5) is 0 Å². The van der Waals surface area contributed by atoms with E-state index in [1.165, 1.54) is 19.3 Å². The summed E-state index contributed by atoms with van der Waals surface area (Å²) in [6.07, 6.45) is 6.71. The van der Waals surface area contributed by atoms with Gasteiger partial charge in [-0.2, -0.15) is 0 Å². The van der Waals surface area contributed by atoms with E-state index in [-0.39, 0.29) is 24.1 Å². The number of nitrogens with one attached hydrogen (secondary N) is 2. The van der Waals surface area contributed by atoms with Gasteiger partial charge in [-0.1, -0.05) is 18.6 Å². The van der Waals surface area contributed by atoms with E-state index in [1.54, 1.807) is 4.90 Å². The number of carbonyl (C=O) groups excluding carboxylic acids is 3. The van der Waals surface area contributed by atoms with Crippen molar-refractivity contribution >= 4 is 17.7 Å². The Bertz CT molecular complexity index is 871. The summed E-state index contributed by atoms with van der Waals surface area (Å²) in [7, 11) is 0. The third-order valence-corrected chi connectivity index (χ3v) is 7.51. The molecule has 4 N–H and O–H groups in total. The zero-order valence-corrected chi connectivity index (χ0v) is 17.2. The molecule has 3 atom stereocenters. The summed E-state index contributed by atoms with van der Waals surface area (Å²) in [5, 5.41) is 6.12. The molecule has 0 spiro atoms. The zero-order valence-electron chi connectivity index (χ0n) is 17.2. The van der Waals surface area contributed by atoms with Crippen molar-refractivity contribution in [3.63, 3.8) is 0 Å². The van der Waals surface area contributed by atoms with Gasteiger partial charge in [0.1, 0.15) is 6.04 Å². The first-order valence-corrected chi connectivity index (χ1v) is 11.2. The molecule has 3 amide bonds. The first-order valence-electron chi connectivity index (χ1n) is 11.2. The van der Waals surface area contributed by atoms with E-state index >= 15 is 0 Å². The van der Waals surface area contributed by atoms with Crippen LogP contribution in [0.15, 0.2) is 18.2 Å². The Hall–Kier alpha value is -2.25. The van der Waals surface area contributed by atoms with Crippen molar-refractivity contribution in [1.29, 1.82) is 0 Å². The van der Waals surface area contributed by atoms with E-state index in [9.17, 15) is 14.4 Å². The van der Waals surface area contributed by atoms with Crippen molar-refractivity contribution in [3.05, 3.63) is 34.9 Å². The van der Waals surface area contributed by atoms with Crippen LogP contribution >= 0.6 is 0 Å². The molecule has 0 radical (unpaired) electrons. The Labute approximate surface area is 176 Å². The lowest BCUT2D eigenvalue weighted by Crippen LogP contribution is -2.52. The molecule has 3 unspecified atom stereocenters. The van der Waals surface area contributed by atoms with Gasteiger partial charge in [0.2, 0.25) is 11.8 Å². The van der Waals surface area contributed by atoms with Gasteiger partial charge in [0.15, 0.2) is 0 Å². The third-order valence-electron chi connectivity index (χ3n) is 7.51. The minimum atomic E-state index is -0.560. The standard InChI is InChI=1S/C23H30N4O3/c24-17-9-14-2-1-3-15(10-17)21(14)25-11-13-4-5-16-12-27(23(30)18(16)8-13)19-6-7-20(28)26-22(19)29/h4-5,8,14-15,17,19,21,25H,1-3,6-7,9-12,24H2,(H,26,28,29). The minimum absolute atomic E-state index is 0.109. The van der Waals surface area contributed by atoms with Gasteiger partial charge in [-0.3, -0.25) is 19.7 Å². The van der Waals surface area contributed by atoms with Crippen LogP contribution in [-0.4, -0.2) is 40.7 Å². The predicted molar refractivity (Wildman–Crippen MR) is 111 cm³/mol. The highest BCUT2D eigenvalue weighted by atomic mass is 16.2. The molecular formula is C23H30N4O3. The average molecular weight is 411 g/mol. The number of nitrogens with zero attached hydrogens (tertiary/aromatic N) is 1. The average Bonchev–Trinajstić information content (AvgIpc) is 3.02. The van der Waals surface area contributed by atoms with Crippen molar-refractivity contribution in [1.82, 2.24) is 15.5 Å². The number of imide groups is 1. The monoisotopic (exact) mass is 410 g/mol. The number of nitrogens with two attached hydrogens (primary N) is 1. The quantitative estimate of drug-likeness (QED) is 0.652. The molecule has 2 saturated carbocycles. The van der Waals surface area contributed by atoms with Crippen molar-refractivity contribution in [2.24, 2.45) is 17.6 Å². The summed E-state index contributed by atoms with van der Waals surface area (Å²) in [4.78, 5) is 38.2. The molecular weight excluding hydrogens is 380 g/mol. The number of benzene rings is 1. The van der Waals surface area contributed by atoms with Crippen LogP contribution in [0.1, 0.15) is 66.4 Å². The Morgan fingerprint density at radius 1 is 1.10 bits per heavy atom. The van der Waals surface area contributed by atoms with Crippen molar-refractivity contribution < 1.29 is 14.4 Å². The molecule has 2 aliphatic carbocycles. The molecule has 2 aliphatic heterocycles. The van der Waals surface area contributed by atoms with Gasteiger partial charge in [-0.25, -0.2) is 0 Å². The van der Waals surface area contributed by atoms with E-state index in [0.717, 1.165) is 30.5 Å². The van der Waals surface area contributed by atoms with E-state index in [0.29, 0.717) is 42.4 Å². The van der Waals surface area contributed by atoms with Crippen LogP contribution in [0.5, 0.6) is 0 Å². The molecule has 5 rings (SSSR count). The lowest BCUT2D eigenvalue weighted by molar-refractivity contribution is -0.136. The van der Waals surface area contributed by atoms with Crippen LogP contribution < -0.4 is 16.4 Å². The van der Waals surface area contributed by atoms with Crippen LogP contribution in [0.25, 0.3) is 0 Å². The van der Waals surface area contributed by atoms with Crippen molar-refractivity contribution in [2.45, 2.75) is 76.2 Å². The van der Waals surface area contributed by atoms with E-state index in [4.69, 9.17) is 5.73 Å². The summed E-state index contributed by atoms with van der Waals surface area (Å²) in [5.74, 6) is 0.582. The number of rotatable bonds is 4. The number of amides is 3. The Morgan fingerprint density at radius 2 is 1.87 bits per heavy atom. The Kier molecular flexibility index (Phi) is 5.11. The van der Waals surface area contributed by atoms with E-state index in [2.05, 4.69) is 16.7 Å². The number of hydrogen-bond acceptors (Lipinski definition) is 5. The molecule has 0 aromatic heterocycles. The highest BCUT2D eigenvalue weighted by Gasteiger charge is 2.40. The highest BCUT2D eigenvalue weighted by Crippen LogP contribution is 2.40. The molecule has 160 valence electrons. The first-order chi connectivity index (χ1) is 14.5. The van der Waals surface area contributed by atoms with Gasteiger partial charge in [0.05, 0.1) is 0 Å². The highest BCUT2D eigenvalue weighted by molar-refractivity contribution is 6.05. The molecule has 4 aliphatic rings. The summed E-state index contributed by atoms with van der Waals surface area (Å²) in [5.41, 5.74) is 8.98. The molecule has 7 heteroatoms. The van der Waals surface area contributed by atoms with Crippen LogP contribution in [-0.2, 0) is 22.7 Å². The lowest BCUT2D eigenvalue weighted by Gasteiger charge is -2.45. The normalized spacial score (nSPS) is 33.4. The SMILES string of the molecule is NC1CC2CCCC(C1)C2NCc1ccc2c(c1)C(=O)N(C1CCC(=O)NC1=O)C2. The molecule has 7 nitrogen and oxygen atoms in total. The molecule has 1 aromatic carbocycles. The van der Waals surface area contributed by atoms with Gasteiger partial charge in [-0.05, 0) is 61.1 Å². The maximum atomic E-state index is 13.0. The van der Waals surface area contributed by atoms with Gasteiger partial charge in [0.25, 0.3) is 5.91 Å². The van der Waals surface area contributed by atoms with Crippen LogP contribution in [0.3, 0.4) is 0 Å². The van der Waals surface area contributed by atoms with Gasteiger partial charge in [0, 0.05) is 37.2 Å². The molecule has 1 aromatic rings. The minimum Gasteiger partial charge on any atom is -0.328 e. The smallest absolute Gasteiger partial charge is 0.255 e. The van der Waals surface area contributed by atoms with Gasteiger partial charge in [-0.15, -0.1) is 0 Å². The van der Waals surface area contributed by atoms with Crippen LogP contribution in [0.2, 0.25) is 0 Å². The largest absolute Gasteiger partial charge is 0.328 e. The van der Waals surface area contributed by atoms with Gasteiger partial charge < -0.3 is 16.0 Å². The van der Waals surface area contributed by atoms with E-state index in [1.807, 2.05) is 12.1 Å². The summed E-state index contributed by atoms with van der Waals surface area (Å²) in [6, 6.07) is 6.36. The van der Waals surface area contributed by atoms with Gasteiger partial charge >= 0.3 is 0 Å². The number of piperidine rings is 1. The topological polar surface area (TPSA) is 105 Å². The third kappa shape index (κ3) is 3.54.